The van der Waals surface area contributed by atoms with E-state index in [0.717, 1.165) is 50.1 Å². The monoisotopic (exact) mass is 362 g/mol. The van der Waals surface area contributed by atoms with Gasteiger partial charge in [0.15, 0.2) is 0 Å². The van der Waals surface area contributed by atoms with E-state index in [4.69, 9.17) is 4.74 Å². The number of amides is 2. The van der Waals surface area contributed by atoms with E-state index in [0.29, 0.717) is 32.2 Å². The van der Waals surface area contributed by atoms with Crippen LogP contribution in [0, 0.1) is 5.92 Å². The number of morpholine rings is 1. The number of hydrogen-bond donors (Lipinski definition) is 0. The second kappa shape index (κ2) is 7.46. The van der Waals surface area contributed by atoms with Crippen LogP contribution >= 0.6 is 11.3 Å². The predicted octanol–water partition coefficient (Wildman–Crippen LogP) is 2.34. The van der Waals surface area contributed by atoms with Gasteiger partial charge in [0.1, 0.15) is 0 Å². The standard InChI is InChI=1S/C19H26N2O3S/c22-18(20-6-2-1-3-7-20)14-4-5-16-15(12-14)13-17(25-16)19(23)21-8-10-24-11-9-21/h13-14H,1-12H2/t14-/m0/s1. The Labute approximate surface area is 152 Å². The largest absolute Gasteiger partial charge is 0.378 e. The number of carbonyl (C=O) groups excluding carboxylic acids is 2. The summed E-state index contributed by atoms with van der Waals surface area (Å²) >= 11 is 1.63. The molecule has 0 radical (unpaired) electrons. The Hall–Kier alpha value is -1.40. The van der Waals surface area contributed by atoms with E-state index >= 15 is 0 Å². The van der Waals surface area contributed by atoms with Crippen molar-refractivity contribution < 1.29 is 14.3 Å². The van der Waals surface area contributed by atoms with Crippen LogP contribution in [0.4, 0.5) is 0 Å². The molecule has 1 atom stereocenters. The number of ether oxygens (including phenoxy) is 1. The van der Waals surface area contributed by atoms with E-state index in [1.165, 1.54) is 16.9 Å². The Balaban J connectivity index is 1.43. The van der Waals surface area contributed by atoms with Gasteiger partial charge in [-0.1, -0.05) is 0 Å². The molecule has 0 spiro atoms. The second-order valence-corrected chi connectivity index (χ2v) is 8.43. The van der Waals surface area contributed by atoms with Crippen molar-refractivity contribution in [3.8, 4) is 0 Å². The third-order valence-corrected chi connectivity index (χ3v) is 6.83. The molecule has 25 heavy (non-hydrogen) atoms. The zero-order chi connectivity index (χ0) is 17.2. The summed E-state index contributed by atoms with van der Waals surface area (Å²) in [6, 6.07) is 2.05. The van der Waals surface area contributed by atoms with Crippen molar-refractivity contribution in [2.75, 3.05) is 39.4 Å². The quantitative estimate of drug-likeness (QED) is 0.811. The first-order valence-electron chi connectivity index (χ1n) is 9.50. The van der Waals surface area contributed by atoms with Crippen LogP contribution < -0.4 is 0 Å². The third-order valence-electron chi connectivity index (χ3n) is 5.61. The number of aryl methyl sites for hydroxylation is 1. The van der Waals surface area contributed by atoms with Gasteiger partial charge in [-0.2, -0.15) is 0 Å². The second-order valence-electron chi connectivity index (χ2n) is 7.29. The first-order chi connectivity index (χ1) is 12.2. The first kappa shape index (κ1) is 17.0. The van der Waals surface area contributed by atoms with Crippen molar-refractivity contribution in [1.29, 1.82) is 0 Å². The van der Waals surface area contributed by atoms with E-state index in [1.54, 1.807) is 11.3 Å². The molecule has 5 nitrogen and oxygen atoms in total. The Bertz CT molecular complexity index is 645. The summed E-state index contributed by atoms with van der Waals surface area (Å²) in [7, 11) is 0. The molecule has 6 heteroatoms. The maximum absolute atomic E-state index is 12.8. The van der Waals surface area contributed by atoms with E-state index in [1.807, 2.05) is 11.0 Å². The summed E-state index contributed by atoms with van der Waals surface area (Å²) in [5, 5.41) is 0. The Morgan fingerprint density at radius 1 is 1.04 bits per heavy atom. The van der Waals surface area contributed by atoms with E-state index in [9.17, 15) is 9.59 Å². The fourth-order valence-electron chi connectivity index (χ4n) is 4.13. The highest BCUT2D eigenvalue weighted by Gasteiger charge is 2.31. The summed E-state index contributed by atoms with van der Waals surface area (Å²) in [5.74, 6) is 0.561. The van der Waals surface area contributed by atoms with Gasteiger partial charge in [-0.3, -0.25) is 9.59 Å². The summed E-state index contributed by atoms with van der Waals surface area (Å²) in [6.45, 7) is 4.46. The molecule has 2 fully saturated rings. The molecule has 136 valence electrons. The van der Waals surface area contributed by atoms with Gasteiger partial charge in [-0.15, -0.1) is 11.3 Å². The topological polar surface area (TPSA) is 49.9 Å². The molecular weight excluding hydrogens is 336 g/mol. The highest BCUT2D eigenvalue weighted by Crippen LogP contribution is 2.34. The molecule has 0 N–H and O–H groups in total. The molecule has 2 saturated heterocycles. The lowest BCUT2D eigenvalue weighted by Crippen LogP contribution is -2.41. The third kappa shape index (κ3) is 3.60. The number of thiophene rings is 1. The van der Waals surface area contributed by atoms with Gasteiger partial charge in [0.05, 0.1) is 18.1 Å². The molecule has 2 aliphatic heterocycles. The number of likely N-dealkylation sites (tertiary alicyclic amines) is 1. The average molecular weight is 362 g/mol. The van der Waals surface area contributed by atoms with E-state index < -0.39 is 0 Å². The van der Waals surface area contributed by atoms with Crippen molar-refractivity contribution in [1.82, 2.24) is 9.80 Å². The van der Waals surface area contributed by atoms with Gasteiger partial charge in [0.2, 0.25) is 5.91 Å². The average Bonchev–Trinajstić information content (AvgIpc) is 3.11. The lowest BCUT2D eigenvalue weighted by molar-refractivity contribution is -0.136. The summed E-state index contributed by atoms with van der Waals surface area (Å²) in [6.07, 6.45) is 6.18. The van der Waals surface area contributed by atoms with E-state index in [2.05, 4.69) is 4.90 Å². The van der Waals surface area contributed by atoms with Gasteiger partial charge in [-0.25, -0.2) is 0 Å². The molecule has 0 aromatic carbocycles. The molecular formula is C19H26N2O3S. The zero-order valence-corrected chi connectivity index (χ0v) is 15.5. The molecule has 0 unspecified atom stereocenters. The van der Waals surface area contributed by atoms with Crippen molar-refractivity contribution >= 4 is 23.2 Å². The molecule has 0 saturated carbocycles. The van der Waals surface area contributed by atoms with Crippen molar-refractivity contribution in [3.05, 3.63) is 21.4 Å². The highest BCUT2D eigenvalue weighted by molar-refractivity contribution is 7.14. The van der Waals surface area contributed by atoms with Gasteiger partial charge in [-0.05, 0) is 50.2 Å². The van der Waals surface area contributed by atoms with Crippen LogP contribution in [0.3, 0.4) is 0 Å². The van der Waals surface area contributed by atoms with Crippen LogP contribution in [0.15, 0.2) is 6.07 Å². The molecule has 0 bridgehead atoms. The molecule has 1 aromatic rings. The molecule has 2 amide bonds. The van der Waals surface area contributed by atoms with Crippen molar-refractivity contribution in [3.63, 3.8) is 0 Å². The van der Waals surface area contributed by atoms with Crippen LogP contribution in [0.1, 0.15) is 45.8 Å². The predicted molar refractivity (Wildman–Crippen MR) is 97.0 cm³/mol. The lowest BCUT2D eigenvalue weighted by atomic mass is 9.87. The maximum atomic E-state index is 12.8. The van der Waals surface area contributed by atoms with E-state index in [-0.39, 0.29) is 11.8 Å². The normalized spacial score (nSPS) is 24.1. The van der Waals surface area contributed by atoms with Gasteiger partial charge in [0.25, 0.3) is 5.91 Å². The molecule has 3 aliphatic rings. The zero-order valence-electron chi connectivity index (χ0n) is 14.7. The SMILES string of the molecule is O=C(c1cc2c(s1)CC[C@H](C(=O)N1CCCCC1)C2)N1CCOCC1. The van der Waals surface area contributed by atoms with Crippen molar-refractivity contribution in [2.45, 2.75) is 38.5 Å². The highest BCUT2D eigenvalue weighted by atomic mass is 32.1. The minimum absolute atomic E-state index is 0.103. The number of fused-ring (bicyclic) bond motifs is 1. The summed E-state index contributed by atoms with van der Waals surface area (Å²) in [4.78, 5) is 31.6. The molecule has 4 rings (SSSR count). The molecule has 3 heterocycles. The number of rotatable bonds is 2. The fourth-order valence-corrected chi connectivity index (χ4v) is 5.31. The first-order valence-corrected chi connectivity index (χ1v) is 10.3. The Morgan fingerprint density at radius 3 is 2.56 bits per heavy atom. The van der Waals surface area contributed by atoms with Crippen LogP contribution in [0.2, 0.25) is 0 Å². The number of hydrogen-bond acceptors (Lipinski definition) is 4. The van der Waals surface area contributed by atoms with Crippen LogP contribution in [0.5, 0.6) is 0 Å². The van der Waals surface area contributed by atoms with Gasteiger partial charge < -0.3 is 14.5 Å². The fraction of sp³-hybridized carbons (Fsp3) is 0.684. The lowest BCUT2D eigenvalue weighted by Gasteiger charge is -2.31. The summed E-state index contributed by atoms with van der Waals surface area (Å²) < 4.78 is 5.33. The van der Waals surface area contributed by atoms with Gasteiger partial charge >= 0.3 is 0 Å². The van der Waals surface area contributed by atoms with Crippen LogP contribution in [0.25, 0.3) is 0 Å². The minimum atomic E-state index is 0.103. The number of nitrogens with zero attached hydrogens (tertiary/aromatic N) is 2. The minimum Gasteiger partial charge on any atom is -0.378 e. The van der Waals surface area contributed by atoms with Crippen LogP contribution in [-0.2, 0) is 22.4 Å². The van der Waals surface area contributed by atoms with Gasteiger partial charge in [0, 0.05) is 37.0 Å². The number of carbonyl (C=O) groups is 2. The van der Waals surface area contributed by atoms with Crippen LogP contribution in [-0.4, -0.2) is 61.0 Å². The number of piperidine rings is 1. The van der Waals surface area contributed by atoms with Crippen molar-refractivity contribution in [2.24, 2.45) is 5.92 Å². The Morgan fingerprint density at radius 2 is 1.80 bits per heavy atom. The smallest absolute Gasteiger partial charge is 0.264 e. The Kier molecular flexibility index (Phi) is 5.08. The molecule has 1 aliphatic carbocycles. The molecule has 1 aromatic heterocycles. The summed E-state index contributed by atoms with van der Waals surface area (Å²) in [5.41, 5.74) is 1.23. The maximum Gasteiger partial charge on any atom is 0.264 e.